The third kappa shape index (κ3) is 5.98. The van der Waals surface area contributed by atoms with Crippen molar-refractivity contribution in [2.24, 2.45) is 11.8 Å². The van der Waals surface area contributed by atoms with E-state index in [-0.39, 0.29) is 47.1 Å². The molecule has 3 rings (SSSR count). The number of alkyl halides is 1. The Hall–Kier alpha value is -1.32. The van der Waals surface area contributed by atoms with Crippen LogP contribution in [0.3, 0.4) is 0 Å². The van der Waals surface area contributed by atoms with E-state index in [9.17, 15) is 14.4 Å². The molecule has 9 heteroatoms. The van der Waals surface area contributed by atoms with Crippen LogP contribution < -0.4 is 0 Å². The Bertz CT molecular complexity index is 856. The standard InChI is InChI=1S/C28H43BrN2O5S/c1-5-8-17-36-27(35)21-22-25(33)31(15-11-9-10-12-16-32)24(28(22)18-20(29)23(21)37-28)26(34)30(14-7-3)19(4)13-6-2/h5,7,19-24,32H,1,3,6,8-18H2,2,4H3/t19?,20?,21-,22+,23-,24?,28?/m1/s1. The lowest BCUT2D eigenvalue weighted by atomic mass is 9.71. The number of aliphatic hydroxyl groups excluding tert-OH is 1. The van der Waals surface area contributed by atoms with E-state index < -0.39 is 22.6 Å². The Morgan fingerprint density at radius 3 is 2.68 bits per heavy atom. The third-order valence-corrected chi connectivity index (χ3v) is 11.2. The number of esters is 1. The minimum Gasteiger partial charge on any atom is -0.465 e. The molecule has 0 aromatic rings. The summed E-state index contributed by atoms with van der Waals surface area (Å²) in [6.45, 7) is 13.0. The smallest absolute Gasteiger partial charge is 0.310 e. The average molecular weight is 600 g/mol. The Balaban J connectivity index is 1.96. The maximum absolute atomic E-state index is 14.4. The van der Waals surface area contributed by atoms with Crippen LogP contribution in [0.2, 0.25) is 0 Å². The number of unbranched alkanes of at least 4 members (excludes halogenated alkanes) is 3. The lowest BCUT2D eigenvalue weighted by Crippen LogP contribution is -2.57. The molecule has 208 valence electrons. The number of amides is 2. The van der Waals surface area contributed by atoms with E-state index in [2.05, 4.69) is 42.9 Å². The van der Waals surface area contributed by atoms with Crippen LogP contribution in [0.25, 0.3) is 0 Å². The van der Waals surface area contributed by atoms with Gasteiger partial charge in [0.2, 0.25) is 11.8 Å². The first-order chi connectivity index (χ1) is 17.8. The van der Waals surface area contributed by atoms with Crippen molar-refractivity contribution < 1.29 is 24.2 Å². The molecule has 3 heterocycles. The molecular formula is C28H43BrN2O5S. The number of halogens is 1. The van der Waals surface area contributed by atoms with Crippen LogP contribution in [0.4, 0.5) is 0 Å². The Morgan fingerprint density at radius 1 is 1.30 bits per heavy atom. The van der Waals surface area contributed by atoms with Gasteiger partial charge in [-0.3, -0.25) is 14.4 Å². The first kappa shape index (κ1) is 30.2. The van der Waals surface area contributed by atoms with E-state index in [0.717, 1.165) is 38.5 Å². The highest BCUT2D eigenvalue weighted by atomic mass is 79.9. The van der Waals surface area contributed by atoms with E-state index in [0.29, 0.717) is 25.9 Å². The molecule has 0 saturated carbocycles. The zero-order valence-corrected chi connectivity index (χ0v) is 24.7. The predicted octanol–water partition coefficient (Wildman–Crippen LogP) is 4.33. The topological polar surface area (TPSA) is 87.2 Å². The lowest BCUT2D eigenvalue weighted by molar-refractivity contribution is -0.154. The van der Waals surface area contributed by atoms with E-state index in [4.69, 9.17) is 9.84 Å². The van der Waals surface area contributed by atoms with Crippen molar-refractivity contribution in [2.45, 2.75) is 92.1 Å². The number of ether oxygens (including phenoxy) is 1. The van der Waals surface area contributed by atoms with Crippen LogP contribution in [0.5, 0.6) is 0 Å². The Labute approximate surface area is 234 Å². The first-order valence-corrected chi connectivity index (χ1v) is 15.5. The summed E-state index contributed by atoms with van der Waals surface area (Å²) in [6.07, 6.45) is 9.73. The molecule has 0 aromatic heterocycles. The number of fused-ring (bicyclic) bond motifs is 1. The molecule has 4 unspecified atom stereocenters. The highest BCUT2D eigenvalue weighted by molar-refractivity contribution is 9.09. The minimum atomic E-state index is -0.661. The molecule has 2 bridgehead atoms. The van der Waals surface area contributed by atoms with E-state index >= 15 is 0 Å². The molecule has 1 spiro atoms. The fourth-order valence-electron chi connectivity index (χ4n) is 6.36. The van der Waals surface area contributed by atoms with Crippen molar-refractivity contribution in [1.29, 1.82) is 0 Å². The van der Waals surface area contributed by atoms with Gasteiger partial charge in [0.15, 0.2) is 0 Å². The number of thioether (sulfide) groups is 1. The zero-order chi connectivity index (χ0) is 27.2. The van der Waals surface area contributed by atoms with E-state index in [1.807, 2.05) is 4.90 Å². The van der Waals surface area contributed by atoms with Crippen LogP contribution in [-0.4, -0.2) is 85.9 Å². The number of likely N-dealkylation sites (tertiary alicyclic amines) is 1. The number of hydrogen-bond acceptors (Lipinski definition) is 6. The van der Waals surface area contributed by atoms with Gasteiger partial charge in [0.05, 0.1) is 23.2 Å². The van der Waals surface area contributed by atoms with Crippen molar-refractivity contribution in [1.82, 2.24) is 9.80 Å². The SMILES string of the molecule is C=CCCOC(=O)[C@H]1[C@@H]2SC3(CC2Br)C(C(=O)N(CC=C)C(C)CCC)N(CCCCCCO)C(=O)[C@H]13. The van der Waals surface area contributed by atoms with Gasteiger partial charge >= 0.3 is 5.97 Å². The fourth-order valence-corrected chi connectivity index (χ4v) is 9.96. The largest absolute Gasteiger partial charge is 0.465 e. The van der Waals surface area contributed by atoms with Crippen LogP contribution in [0, 0.1) is 11.8 Å². The zero-order valence-electron chi connectivity index (χ0n) is 22.3. The number of rotatable bonds is 16. The highest BCUT2D eigenvalue weighted by Gasteiger charge is 2.76. The van der Waals surface area contributed by atoms with Gasteiger partial charge < -0.3 is 19.6 Å². The molecule has 2 amide bonds. The molecule has 7 nitrogen and oxygen atoms in total. The van der Waals surface area contributed by atoms with Gasteiger partial charge in [0, 0.05) is 35.8 Å². The number of aliphatic hydroxyl groups is 1. The molecular weight excluding hydrogens is 556 g/mol. The van der Waals surface area contributed by atoms with Gasteiger partial charge in [0.1, 0.15) is 6.04 Å². The maximum atomic E-state index is 14.4. The van der Waals surface area contributed by atoms with E-state index in [1.54, 1.807) is 28.8 Å². The average Bonchev–Trinajstić information content (AvgIpc) is 3.45. The third-order valence-electron chi connectivity index (χ3n) is 8.02. The predicted molar refractivity (Wildman–Crippen MR) is 152 cm³/mol. The second kappa shape index (κ2) is 13.7. The molecule has 3 aliphatic heterocycles. The molecule has 3 fully saturated rings. The molecule has 37 heavy (non-hydrogen) atoms. The van der Waals surface area contributed by atoms with Crippen molar-refractivity contribution in [3.8, 4) is 0 Å². The number of nitrogens with zero attached hydrogens (tertiary/aromatic N) is 2. The number of hydrogen-bond donors (Lipinski definition) is 1. The second-order valence-electron chi connectivity index (χ2n) is 10.5. The van der Waals surface area contributed by atoms with Gasteiger partial charge in [-0.15, -0.1) is 24.9 Å². The summed E-state index contributed by atoms with van der Waals surface area (Å²) in [6, 6.07) is -0.599. The van der Waals surface area contributed by atoms with Crippen LogP contribution >= 0.6 is 27.7 Å². The summed E-state index contributed by atoms with van der Waals surface area (Å²) in [5.74, 6) is -1.62. The van der Waals surface area contributed by atoms with Crippen molar-refractivity contribution in [3.63, 3.8) is 0 Å². The van der Waals surface area contributed by atoms with Gasteiger partial charge in [-0.25, -0.2) is 0 Å². The molecule has 0 radical (unpaired) electrons. The number of carbonyl (C=O) groups is 3. The summed E-state index contributed by atoms with van der Waals surface area (Å²) in [7, 11) is 0. The van der Waals surface area contributed by atoms with E-state index in [1.165, 1.54) is 0 Å². The molecule has 7 atom stereocenters. The first-order valence-electron chi connectivity index (χ1n) is 13.7. The van der Waals surface area contributed by atoms with Gasteiger partial charge in [0.25, 0.3) is 0 Å². The van der Waals surface area contributed by atoms with Crippen LogP contribution in [-0.2, 0) is 19.1 Å². The number of carbonyl (C=O) groups excluding carboxylic acids is 3. The summed E-state index contributed by atoms with van der Waals surface area (Å²) < 4.78 is 4.92. The van der Waals surface area contributed by atoms with Gasteiger partial charge in [-0.2, -0.15) is 0 Å². The van der Waals surface area contributed by atoms with Crippen LogP contribution in [0.15, 0.2) is 25.3 Å². The summed E-state index contributed by atoms with van der Waals surface area (Å²) in [5, 5.41) is 9.02. The van der Waals surface area contributed by atoms with Crippen molar-refractivity contribution >= 4 is 45.5 Å². The molecule has 3 saturated heterocycles. The summed E-state index contributed by atoms with van der Waals surface area (Å²) in [5.41, 5.74) is 0. The molecule has 0 aromatic carbocycles. The van der Waals surface area contributed by atoms with Gasteiger partial charge in [-0.05, 0) is 39.0 Å². The fraction of sp³-hybridized carbons (Fsp3) is 0.750. The van der Waals surface area contributed by atoms with Gasteiger partial charge in [-0.1, -0.05) is 54.3 Å². The molecule has 0 aliphatic carbocycles. The summed E-state index contributed by atoms with van der Waals surface area (Å²) >= 11 is 5.45. The normalized spacial score (nSPS) is 30.8. The molecule has 1 N–H and O–H groups in total. The maximum Gasteiger partial charge on any atom is 0.310 e. The van der Waals surface area contributed by atoms with Crippen molar-refractivity contribution in [3.05, 3.63) is 25.3 Å². The Kier molecular flexibility index (Phi) is 11.2. The Morgan fingerprint density at radius 2 is 2.03 bits per heavy atom. The highest BCUT2D eigenvalue weighted by Crippen LogP contribution is 2.68. The van der Waals surface area contributed by atoms with Crippen LogP contribution in [0.1, 0.15) is 65.2 Å². The minimum absolute atomic E-state index is 0.0236. The summed E-state index contributed by atoms with van der Waals surface area (Å²) in [4.78, 5) is 45.4. The monoisotopic (exact) mass is 598 g/mol. The quantitative estimate of drug-likeness (QED) is 0.123. The lowest BCUT2D eigenvalue weighted by Gasteiger charge is -2.39. The second-order valence-corrected chi connectivity index (χ2v) is 13.2. The molecule has 3 aliphatic rings. The van der Waals surface area contributed by atoms with Crippen molar-refractivity contribution in [2.75, 3.05) is 26.3 Å².